The van der Waals surface area contributed by atoms with Gasteiger partial charge in [-0.3, -0.25) is 0 Å². The molecule has 0 radical (unpaired) electrons. The predicted octanol–water partition coefficient (Wildman–Crippen LogP) is 16.7. The van der Waals surface area contributed by atoms with Crippen LogP contribution in [0.25, 0.3) is 105 Å². The molecule has 10 aromatic carbocycles. The molecule has 0 saturated carbocycles. The quantitative estimate of drug-likeness (QED) is 0.148. The lowest BCUT2D eigenvalue weighted by Gasteiger charge is -2.19. The zero-order valence-electron chi connectivity index (χ0n) is 34.7. The minimum absolute atomic E-state index is 0.146. The molecular formula is C60H45N. The summed E-state index contributed by atoms with van der Waals surface area (Å²) in [4.78, 5) is 0. The molecule has 0 N–H and O–H groups in total. The standard InChI is InChI=1S/C60H45N/c1-60(2,3)48-36-33-43(34-37-48)41-23-21-40(22-24-41)42-25-29-45(30-26-42)58-51-16-7-9-18-53(51)59(54-19-10-8-17-52(54)58)46-31-27-44(28-32-46)47-35-38-57-55(39-47)50-15-11-12-20-56(50)61(57)49-13-5-4-6-14-49/h4-39H,1-3H3. The SMILES string of the molecule is CC(C)(C)c1ccc(-c2ccc(-c3ccc(-c4c5ccccc5c(-c5ccc(-c6ccc7c(c6)c6ccccc6n7-c6ccccc6)cc5)c5ccccc45)cc3)cc2)cc1. The van der Waals surface area contributed by atoms with Gasteiger partial charge in [0, 0.05) is 16.5 Å². The van der Waals surface area contributed by atoms with Gasteiger partial charge in [-0.1, -0.05) is 209 Å². The topological polar surface area (TPSA) is 4.93 Å². The van der Waals surface area contributed by atoms with Gasteiger partial charge in [0.05, 0.1) is 11.0 Å². The van der Waals surface area contributed by atoms with Crippen LogP contribution in [-0.2, 0) is 5.41 Å². The largest absolute Gasteiger partial charge is 0.309 e. The van der Waals surface area contributed by atoms with Gasteiger partial charge >= 0.3 is 0 Å². The smallest absolute Gasteiger partial charge is 0.0541 e. The summed E-state index contributed by atoms with van der Waals surface area (Å²) < 4.78 is 2.37. The van der Waals surface area contributed by atoms with Crippen LogP contribution in [0.4, 0.5) is 0 Å². The summed E-state index contributed by atoms with van der Waals surface area (Å²) in [7, 11) is 0. The molecule has 0 fully saturated rings. The van der Waals surface area contributed by atoms with Crippen molar-refractivity contribution in [3.8, 4) is 61.3 Å². The molecule has 0 saturated heterocycles. The van der Waals surface area contributed by atoms with Gasteiger partial charge < -0.3 is 4.57 Å². The minimum Gasteiger partial charge on any atom is -0.309 e. The Hall–Kier alpha value is -7.48. The van der Waals surface area contributed by atoms with E-state index in [-0.39, 0.29) is 5.41 Å². The second-order valence-corrected chi connectivity index (χ2v) is 17.3. The van der Waals surface area contributed by atoms with Gasteiger partial charge in [0.2, 0.25) is 0 Å². The number of fused-ring (bicyclic) bond motifs is 5. The van der Waals surface area contributed by atoms with Crippen molar-refractivity contribution in [1.82, 2.24) is 4.57 Å². The molecule has 11 rings (SSSR count). The molecule has 0 unspecified atom stereocenters. The summed E-state index contributed by atoms with van der Waals surface area (Å²) in [6.07, 6.45) is 0. The van der Waals surface area contributed by atoms with E-state index in [1.54, 1.807) is 0 Å². The molecular weight excluding hydrogens is 735 g/mol. The van der Waals surface area contributed by atoms with Crippen molar-refractivity contribution >= 4 is 43.4 Å². The average Bonchev–Trinajstić information content (AvgIpc) is 3.65. The van der Waals surface area contributed by atoms with Crippen LogP contribution in [0.15, 0.2) is 218 Å². The fraction of sp³-hybridized carbons (Fsp3) is 0.0667. The molecule has 0 bridgehead atoms. The highest BCUT2D eigenvalue weighted by Crippen LogP contribution is 2.44. The lowest BCUT2D eigenvalue weighted by molar-refractivity contribution is 0.590. The molecule has 11 aromatic rings. The Morgan fingerprint density at radius 3 is 1.08 bits per heavy atom. The third kappa shape index (κ3) is 6.42. The van der Waals surface area contributed by atoms with Crippen molar-refractivity contribution in [3.63, 3.8) is 0 Å². The van der Waals surface area contributed by atoms with Crippen LogP contribution in [0.5, 0.6) is 0 Å². The number of nitrogens with zero attached hydrogens (tertiary/aromatic N) is 1. The molecule has 0 amide bonds. The maximum atomic E-state index is 2.37. The monoisotopic (exact) mass is 779 g/mol. The van der Waals surface area contributed by atoms with E-state index in [0.717, 1.165) is 0 Å². The number of hydrogen-bond donors (Lipinski definition) is 0. The summed E-state index contributed by atoms with van der Waals surface area (Å²) in [5.41, 5.74) is 17.4. The van der Waals surface area contributed by atoms with Crippen molar-refractivity contribution in [3.05, 3.63) is 224 Å². The third-order valence-corrected chi connectivity index (χ3v) is 12.6. The van der Waals surface area contributed by atoms with Crippen molar-refractivity contribution in [2.45, 2.75) is 26.2 Å². The van der Waals surface area contributed by atoms with Gasteiger partial charge in [0.1, 0.15) is 0 Å². The van der Waals surface area contributed by atoms with Crippen molar-refractivity contribution in [2.75, 3.05) is 0 Å². The normalized spacial score (nSPS) is 11.9. The van der Waals surface area contributed by atoms with Crippen molar-refractivity contribution < 1.29 is 0 Å². The van der Waals surface area contributed by atoms with E-state index in [1.807, 2.05) is 0 Å². The number of benzene rings is 10. The Balaban J connectivity index is 0.940. The van der Waals surface area contributed by atoms with Gasteiger partial charge in [-0.25, -0.2) is 0 Å². The molecule has 1 heteroatoms. The number of aromatic nitrogens is 1. The lowest BCUT2D eigenvalue weighted by atomic mass is 9.85. The van der Waals surface area contributed by atoms with Crippen molar-refractivity contribution in [1.29, 1.82) is 0 Å². The highest BCUT2D eigenvalue weighted by molar-refractivity contribution is 6.21. The van der Waals surface area contributed by atoms with Crippen LogP contribution in [0, 0.1) is 0 Å². The number of para-hydroxylation sites is 2. The van der Waals surface area contributed by atoms with Crippen LogP contribution < -0.4 is 0 Å². The zero-order chi connectivity index (χ0) is 41.1. The van der Waals surface area contributed by atoms with Crippen LogP contribution in [-0.4, -0.2) is 4.57 Å². The van der Waals surface area contributed by atoms with Crippen molar-refractivity contribution in [2.24, 2.45) is 0 Å². The first kappa shape index (κ1) is 36.6. The maximum Gasteiger partial charge on any atom is 0.0541 e. The lowest BCUT2D eigenvalue weighted by Crippen LogP contribution is -2.10. The first-order chi connectivity index (χ1) is 29.9. The molecule has 61 heavy (non-hydrogen) atoms. The summed E-state index contributed by atoms with van der Waals surface area (Å²) in [6, 6.07) is 80.4. The van der Waals surface area contributed by atoms with Gasteiger partial charge in [0.25, 0.3) is 0 Å². The fourth-order valence-electron chi connectivity index (χ4n) is 9.43. The molecule has 0 spiro atoms. The average molecular weight is 780 g/mol. The second-order valence-electron chi connectivity index (χ2n) is 17.3. The van der Waals surface area contributed by atoms with E-state index in [2.05, 4.69) is 244 Å². The van der Waals surface area contributed by atoms with E-state index in [9.17, 15) is 0 Å². The first-order valence-corrected chi connectivity index (χ1v) is 21.3. The van der Waals surface area contributed by atoms with Crippen LogP contribution in [0.1, 0.15) is 26.3 Å². The van der Waals surface area contributed by atoms with E-state index < -0.39 is 0 Å². The Morgan fingerprint density at radius 1 is 0.279 bits per heavy atom. The first-order valence-electron chi connectivity index (χ1n) is 21.3. The number of hydrogen-bond acceptors (Lipinski definition) is 0. The summed E-state index contributed by atoms with van der Waals surface area (Å²) >= 11 is 0. The third-order valence-electron chi connectivity index (χ3n) is 12.6. The summed E-state index contributed by atoms with van der Waals surface area (Å²) in [5.74, 6) is 0. The van der Waals surface area contributed by atoms with E-state index in [1.165, 1.54) is 110 Å². The second kappa shape index (κ2) is 14.7. The highest BCUT2D eigenvalue weighted by atomic mass is 15.0. The minimum atomic E-state index is 0.146. The van der Waals surface area contributed by atoms with E-state index in [0.29, 0.717) is 0 Å². The van der Waals surface area contributed by atoms with Gasteiger partial charge in [-0.05, 0) is 118 Å². The molecule has 290 valence electrons. The summed E-state index contributed by atoms with van der Waals surface area (Å²) in [5, 5.41) is 7.56. The molecule has 1 nitrogen and oxygen atoms in total. The molecule has 1 heterocycles. The van der Waals surface area contributed by atoms with Gasteiger partial charge in [0.15, 0.2) is 0 Å². The molecule has 0 aliphatic heterocycles. The maximum absolute atomic E-state index is 2.37. The van der Waals surface area contributed by atoms with E-state index in [4.69, 9.17) is 0 Å². The Morgan fingerprint density at radius 2 is 0.623 bits per heavy atom. The van der Waals surface area contributed by atoms with Crippen LogP contribution in [0.3, 0.4) is 0 Å². The summed E-state index contributed by atoms with van der Waals surface area (Å²) in [6.45, 7) is 6.78. The van der Waals surface area contributed by atoms with E-state index >= 15 is 0 Å². The highest BCUT2D eigenvalue weighted by Gasteiger charge is 2.18. The Kier molecular flexibility index (Phi) is 8.79. The Bertz CT molecular complexity index is 3320. The van der Waals surface area contributed by atoms with Crippen LogP contribution >= 0.6 is 0 Å². The molecule has 0 aliphatic rings. The van der Waals surface area contributed by atoms with Gasteiger partial charge in [-0.2, -0.15) is 0 Å². The molecule has 0 aliphatic carbocycles. The number of rotatable bonds is 6. The van der Waals surface area contributed by atoms with Crippen LogP contribution in [0.2, 0.25) is 0 Å². The predicted molar refractivity (Wildman–Crippen MR) is 262 cm³/mol. The molecule has 1 aromatic heterocycles. The Labute approximate surface area is 357 Å². The zero-order valence-corrected chi connectivity index (χ0v) is 34.7. The fourth-order valence-corrected chi connectivity index (χ4v) is 9.43. The molecule has 0 atom stereocenters. The van der Waals surface area contributed by atoms with Gasteiger partial charge in [-0.15, -0.1) is 0 Å².